The third kappa shape index (κ3) is 2.32. The molecular weight excluding hydrogens is 329 g/mol. The van der Waals surface area contributed by atoms with E-state index in [2.05, 4.69) is 23.5 Å². The van der Waals surface area contributed by atoms with Gasteiger partial charge >= 0.3 is 0 Å². The lowest BCUT2D eigenvalue weighted by Gasteiger charge is -2.38. The number of halogens is 2. The highest BCUT2D eigenvalue weighted by molar-refractivity contribution is 6.32. The maximum absolute atomic E-state index is 6.51. The first-order valence-electron chi connectivity index (χ1n) is 7.74. The van der Waals surface area contributed by atoms with Crippen LogP contribution in [0.2, 0.25) is 10.0 Å². The van der Waals surface area contributed by atoms with Gasteiger partial charge < -0.3 is 10.1 Å². The Bertz CT molecular complexity index is 787. The first-order valence-corrected chi connectivity index (χ1v) is 8.50. The van der Waals surface area contributed by atoms with Gasteiger partial charge in [-0.2, -0.15) is 0 Å². The second-order valence-corrected chi connectivity index (χ2v) is 6.85. The average Bonchev–Trinajstić information content (AvgIpc) is 3.04. The largest absolute Gasteiger partial charge is 0.495 e. The van der Waals surface area contributed by atoms with Crippen molar-refractivity contribution >= 4 is 28.9 Å². The third-order valence-corrected chi connectivity index (χ3v) is 5.56. The van der Waals surface area contributed by atoms with Crippen molar-refractivity contribution in [2.24, 2.45) is 5.92 Å². The first kappa shape index (κ1) is 14.9. The molecule has 0 radical (unpaired) electrons. The Morgan fingerprint density at radius 2 is 1.91 bits per heavy atom. The molecule has 0 saturated heterocycles. The van der Waals surface area contributed by atoms with E-state index in [1.165, 1.54) is 0 Å². The molecule has 1 heterocycles. The van der Waals surface area contributed by atoms with Crippen molar-refractivity contribution in [3.05, 3.63) is 69.7 Å². The number of allylic oxidation sites excluding steroid dienone is 2. The summed E-state index contributed by atoms with van der Waals surface area (Å²) in [6.07, 6.45) is 5.52. The number of benzene rings is 2. The second kappa shape index (κ2) is 5.77. The van der Waals surface area contributed by atoms with Gasteiger partial charge in [0.25, 0.3) is 0 Å². The zero-order valence-electron chi connectivity index (χ0n) is 12.7. The summed E-state index contributed by atoms with van der Waals surface area (Å²) in [6.45, 7) is 0. The SMILES string of the molecule is COc1ccc(Cl)c2c1N[C@H](c1ccccc1Cl)[C@H]1CC=C[C@H]21. The molecule has 0 fully saturated rings. The van der Waals surface area contributed by atoms with Crippen LogP contribution in [-0.4, -0.2) is 7.11 Å². The molecule has 118 valence electrons. The Balaban J connectivity index is 1.88. The molecule has 1 aliphatic heterocycles. The van der Waals surface area contributed by atoms with Crippen LogP contribution in [-0.2, 0) is 0 Å². The fourth-order valence-electron chi connectivity index (χ4n) is 3.84. The molecule has 3 atom stereocenters. The maximum Gasteiger partial charge on any atom is 0.142 e. The third-order valence-electron chi connectivity index (χ3n) is 4.89. The number of anilines is 1. The van der Waals surface area contributed by atoms with Gasteiger partial charge in [-0.25, -0.2) is 0 Å². The van der Waals surface area contributed by atoms with Crippen LogP contribution in [0, 0.1) is 5.92 Å². The summed E-state index contributed by atoms with van der Waals surface area (Å²) in [6, 6.07) is 12.0. The summed E-state index contributed by atoms with van der Waals surface area (Å²) in [4.78, 5) is 0. The van der Waals surface area contributed by atoms with Crippen LogP contribution in [0.15, 0.2) is 48.6 Å². The van der Waals surface area contributed by atoms with Crippen molar-refractivity contribution in [1.29, 1.82) is 0 Å². The molecule has 2 nitrogen and oxygen atoms in total. The number of hydrogen-bond donors (Lipinski definition) is 1. The summed E-state index contributed by atoms with van der Waals surface area (Å²) in [5, 5.41) is 5.23. The predicted molar refractivity (Wildman–Crippen MR) is 95.8 cm³/mol. The van der Waals surface area contributed by atoms with Gasteiger partial charge in [0.1, 0.15) is 5.75 Å². The van der Waals surface area contributed by atoms with Gasteiger partial charge in [0, 0.05) is 21.5 Å². The van der Waals surface area contributed by atoms with Crippen LogP contribution >= 0.6 is 23.2 Å². The standard InChI is InChI=1S/C19H17Cl2NO/c1-23-16-10-9-15(21)17-11-6-4-7-12(11)18(22-19(16)17)13-5-2-3-8-14(13)20/h2-6,8-12,18,22H,7H2,1H3/t11-,12-,18-/m0/s1. The number of rotatable bonds is 2. The minimum Gasteiger partial charge on any atom is -0.495 e. The van der Waals surface area contributed by atoms with Crippen LogP contribution in [0.3, 0.4) is 0 Å². The van der Waals surface area contributed by atoms with E-state index in [4.69, 9.17) is 27.9 Å². The lowest BCUT2D eigenvalue weighted by Crippen LogP contribution is -2.29. The van der Waals surface area contributed by atoms with Gasteiger partial charge in [-0.05, 0) is 36.1 Å². The molecule has 0 bridgehead atoms. The van der Waals surface area contributed by atoms with Crippen molar-refractivity contribution in [2.45, 2.75) is 18.4 Å². The molecule has 23 heavy (non-hydrogen) atoms. The van der Waals surface area contributed by atoms with E-state index in [-0.39, 0.29) is 12.0 Å². The summed E-state index contributed by atoms with van der Waals surface area (Å²) < 4.78 is 5.55. The molecule has 2 aromatic carbocycles. The second-order valence-electron chi connectivity index (χ2n) is 6.04. The van der Waals surface area contributed by atoms with Crippen molar-refractivity contribution in [1.82, 2.24) is 0 Å². The number of nitrogens with one attached hydrogen (secondary N) is 1. The lowest BCUT2D eigenvalue weighted by atomic mass is 9.77. The molecule has 0 unspecified atom stereocenters. The molecular formula is C19H17Cl2NO. The van der Waals surface area contributed by atoms with E-state index in [0.29, 0.717) is 5.92 Å². The Hall–Kier alpha value is -1.64. The van der Waals surface area contributed by atoms with Crippen molar-refractivity contribution in [2.75, 3.05) is 12.4 Å². The number of hydrogen-bond acceptors (Lipinski definition) is 2. The minimum absolute atomic E-state index is 0.142. The Kier molecular flexibility index (Phi) is 3.74. The van der Waals surface area contributed by atoms with E-state index in [1.807, 2.05) is 30.3 Å². The summed E-state index contributed by atoms with van der Waals surface area (Å²) in [7, 11) is 1.69. The molecule has 4 heteroatoms. The molecule has 4 rings (SSSR count). The molecule has 2 aromatic rings. The lowest BCUT2D eigenvalue weighted by molar-refractivity contribution is 0.397. The van der Waals surface area contributed by atoms with Crippen LogP contribution in [0.4, 0.5) is 5.69 Å². The van der Waals surface area contributed by atoms with Crippen molar-refractivity contribution in [3.8, 4) is 5.75 Å². The van der Waals surface area contributed by atoms with Crippen molar-refractivity contribution in [3.63, 3.8) is 0 Å². The van der Waals surface area contributed by atoms with Crippen LogP contribution < -0.4 is 10.1 Å². The van der Waals surface area contributed by atoms with E-state index in [1.54, 1.807) is 7.11 Å². The van der Waals surface area contributed by atoms with Gasteiger partial charge in [-0.3, -0.25) is 0 Å². The molecule has 1 N–H and O–H groups in total. The zero-order valence-corrected chi connectivity index (χ0v) is 14.2. The molecule has 2 aliphatic rings. The average molecular weight is 346 g/mol. The number of ether oxygens (including phenoxy) is 1. The zero-order chi connectivity index (χ0) is 16.0. The monoisotopic (exact) mass is 345 g/mol. The number of methoxy groups -OCH3 is 1. The number of fused-ring (bicyclic) bond motifs is 3. The first-order chi connectivity index (χ1) is 11.2. The highest BCUT2D eigenvalue weighted by Gasteiger charge is 2.40. The van der Waals surface area contributed by atoms with E-state index in [0.717, 1.165) is 39.0 Å². The molecule has 0 amide bonds. The van der Waals surface area contributed by atoms with Crippen LogP contribution in [0.25, 0.3) is 0 Å². The molecule has 0 spiro atoms. The van der Waals surface area contributed by atoms with E-state index < -0.39 is 0 Å². The van der Waals surface area contributed by atoms with Gasteiger partial charge in [0.15, 0.2) is 0 Å². The smallest absolute Gasteiger partial charge is 0.142 e. The normalized spacial score (nSPS) is 24.7. The Labute approximate surface area is 146 Å². The van der Waals surface area contributed by atoms with Gasteiger partial charge in [0.2, 0.25) is 0 Å². The van der Waals surface area contributed by atoms with E-state index >= 15 is 0 Å². The van der Waals surface area contributed by atoms with Crippen molar-refractivity contribution < 1.29 is 4.74 Å². The Morgan fingerprint density at radius 3 is 2.70 bits per heavy atom. The maximum atomic E-state index is 6.51. The fourth-order valence-corrected chi connectivity index (χ4v) is 4.38. The summed E-state index contributed by atoms with van der Waals surface area (Å²) in [5.41, 5.74) is 3.24. The topological polar surface area (TPSA) is 21.3 Å². The fraction of sp³-hybridized carbons (Fsp3) is 0.263. The minimum atomic E-state index is 0.142. The van der Waals surface area contributed by atoms with Gasteiger partial charge in [0.05, 0.1) is 18.8 Å². The highest BCUT2D eigenvalue weighted by Crippen LogP contribution is 2.54. The van der Waals surface area contributed by atoms with Gasteiger partial charge in [-0.15, -0.1) is 0 Å². The quantitative estimate of drug-likeness (QED) is 0.691. The van der Waals surface area contributed by atoms with Gasteiger partial charge in [-0.1, -0.05) is 53.6 Å². The van der Waals surface area contributed by atoms with Crippen LogP contribution in [0.1, 0.15) is 29.5 Å². The summed E-state index contributed by atoms with van der Waals surface area (Å²) >= 11 is 13.0. The highest BCUT2D eigenvalue weighted by atomic mass is 35.5. The predicted octanol–water partition coefficient (Wildman–Crippen LogP) is 5.83. The molecule has 0 aromatic heterocycles. The molecule has 1 aliphatic carbocycles. The Morgan fingerprint density at radius 1 is 1.09 bits per heavy atom. The van der Waals surface area contributed by atoms with E-state index in [9.17, 15) is 0 Å². The summed E-state index contributed by atoms with van der Waals surface area (Å²) in [5.74, 6) is 1.52. The van der Waals surface area contributed by atoms with Crippen LogP contribution in [0.5, 0.6) is 5.75 Å². The molecule has 0 saturated carbocycles.